The van der Waals surface area contributed by atoms with Crippen LogP contribution in [0.2, 0.25) is 0 Å². The van der Waals surface area contributed by atoms with Crippen LogP contribution in [0.15, 0.2) is 52.1 Å². The number of nitrogens with zero attached hydrogens (tertiary/aromatic N) is 2. The van der Waals surface area contributed by atoms with Crippen molar-refractivity contribution in [2.75, 3.05) is 5.32 Å². The molecule has 100 valence electrons. The second-order valence-electron chi connectivity index (χ2n) is 4.25. The van der Waals surface area contributed by atoms with Gasteiger partial charge in [0.15, 0.2) is 0 Å². The molecule has 1 aliphatic heterocycles. The van der Waals surface area contributed by atoms with Crippen LogP contribution in [0, 0.1) is 0 Å². The number of amides is 1. The fourth-order valence-corrected chi connectivity index (χ4v) is 2.34. The summed E-state index contributed by atoms with van der Waals surface area (Å²) in [6, 6.07) is 10.8. The largest absolute Gasteiger partial charge is 0.364 e. The Morgan fingerprint density at radius 2 is 2.10 bits per heavy atom. The maximum absolute atomic E-state index is 11.7. The molecule has 0 fully saturated rings. The fraction of sp³-hybridized carbons (Fsp3) is 0.0714. The van der Waals surface area contributed by atoms with E-state index in [1.54, 1.807) is 24.4 Å². The molecule has 1 aromatic carbocycles. The lowest BCUT2D eigenvalue weighted by molar-refractivity contribution is -0.123. The molecule has 0 radical (unpaired) electrons. The van der Waals surface area contributed by atoms with Crippen molar-refractivity contribution in [3.63, 3.8) is 0 Å². The first-order valence-electron chi connectivity index (χ1n) is 5.93. The third-order valence-electron chi connectivity index (χ3n) is 2.89. The van der Waals surface area contributed by atoms with Crippen molar-refractivity contribution in [3.05, 3.63) is 58.3 Å². The van der Waals surface area contributed by atoms with Gasteiger partial charge in [-0.05, 0) is 30.3 Å². The smallest absolute Gasteiger partial charge is 0.276 e. The summed E-state index contributed by atoms with van der Waals surface area (Å²) in [5.41, 5.74) is 2.39. The first kappa shape index (κ1) is 13.0. The normalized spacial score (nSPS) is 17.8. The van der Waals surface area contributed by atoms with Gasteiger partial charge in [0.1, 0.15) is 0 Å². The lowest BCUT2D eigenvalue weighted by atomic mass is 10.0. The van der Waals surface area contributed by atoms with Crippen LogP contribution in [0.5, 0.6) is 0 Å². The van der Waals surface area contributed by atoms with E-state index in [4.69, 9.17) is 0 Å². The number of aromatic nitrogens is 1. The number of aliphatic hydroxyl groups is 1. The predicted octanol–water partition coefficient (Wildman–Crippen LogP) is 1.95. The molecule has 1 unspecified atom stereocenters. The molecule has 3 rings (SSSR count). The molecule has 1 amide bonds. The van der Waals surface area contributed by atoms with Gasteiger partial charge in [0.25, 0.3) is 5.91 Å². The Morgan fingerprint density at radius 1 is 1.25 bits per heavy atom. The summed E-state index contributed by atoms with van der Waals surface area (Å²) in [7, 11) is 0. The van der Waals surface area contributed by atoms with Crippen molar-refractivity contribution in [1.82, 2.24) is 4.98 Å². The number of nitrogens with one attached hydrogen (secondary N) is 1. The molecule has 1 atom stereocenters. The molecule has 2 heterocycles. The van der Waals surface area contributed by atoms with Gasteiger partial charge in [0.05, 0.1) is 17.1 Å². The molecule has 5 nitrogen and oxygen atoms in total. The first-order chi connectivity index (χ1) is 9.65. The van der Waals surface area contributed by atoms with Gasteiger partial charge in [-0.15, -0.1) is 0 Å². The quantitative estimate of drug-likeness (QED) is 0.838. The third-order valence-corrected chi connectivity index (χ3v) is 3.38. The lowest BCUT2D eigenvalue weighted by Crippen LogP contribution is -2.24. The molecule has 0 aliphatic carbocycles. The third kappa shape index (κ3) is 2.35. The number of rotatable bonds is 1. The second-order valence-corrected chi connectivity index (χ2v) is 5.16. The zero-order valence-corrected chi connectivity index (χ0v) is 11.8. The molecule has 2 N–H and O–H groups in total. The van der Waals surface area contributed by atoms with Crippen LogP contribution in [0.25, 0.3) is 0 Å². The molecular weight excluding hydrogens is 322 g/mol. The van der Waals surface area contributed by atoms with E-state index in [1.807, 2.05) is 18.2 Å². The van der Waals surface area contributed by atoms with Crippen LogP contribution in [0.4, 0.5) is 5.69 Å². The van der Waals surface area contributed by atoms with E-state index >= 15 is 0 Å². The standard InChI is InChI=1S/C14H10BrN3O2/c15-8-4-5-10-9(7-8)12(11-3-1-2-6-16-11)18-14(20)13(19)17-10/h1-7,14,20H,(H,17,19). The second kappa shape index (κ2) is 5.15. The van der Waals surface area contributed by atoms with E-state index < -0.39 is 12.1 Å². The molecule has 0 spiro atoms. The SMILES string of the molecule is O=C1Nc2ccc(Br)cc2C(c2ccccn2)=NC1O. The van der Waals surface area contributed by atoms with E-state index in [9.17, 15) is 9.90 Å². The number of fused-ring (bicyclic) bond motifs is 1. The molecular formula is C14H10BrN3O2. The minimum atomic E-state index is -1.45. The molecule has 2 aromatic rings. The minimum absolute atomic E-state index is 0.479. The molecule has 0 bridgehead atoms. The van der Waals surface area contributed by atoms with Crippen molar-refractivity contribution in [2.45, 2.75) is 6.23 Å². The van der Waals surface area contributed by atoms with Crippen LogP contribution >= 0.6 is 15.9 Å². The van der Waals surface area contributed by atoms with Crippen LogP contribution < -0.4 is 5.32 Å². The number of hydrogen-bond donors (Lipinski definition) is 2. The van der Waals surface area contributed by atoms with Crippen molar-refractivity contribution >= 4 is 33.2 Å². The summed E-state index contributed by atoms with van der Waals surface area (Å²) < 4.78 is 0.852. The van der Waals surface area contributed by atoms with Gasteiger partial charge >= 0.3 is 0 Å². The Balaban J connectivity index is 2.23. The Hall–Kier alpha value is -2.05. The van der Waals surface area contributed by atoms with Crippen molar-refractivity contribution in [3.8, 4) is 0 Å². The van der Waals surface area contributed by atoms with Crippen molar-refractivity contribution in [1.29, 1.82) is 0 Å². The summed E-state index contributed by atoms with van der Waals surface area (Å²) >= 11 is 3.40. The van der Waals surface area contributed by atoms with Gasteiger partial charge in [-0.2, -0.15) is 0 Å². The Labute approximate surface area is 123 Å². The maximum atomic E-state index is 11.7. The van der Waals surface area contributed by atoms with Crippen LogP contribution in [-0.2, 0) is 4.79 Å². The summed E-state index contributed by atoms with van der Waals surface area (Å²) in [5, 5.41) is 12.4. The number of aliphatic hydroxyl groups excluding tert-OH is 1. The van der Waals surface area contributed by atoms with Gasteiger partial charge < -0.3 is 10.4 Å². The van der Waals surface area contributed by atoms with Crippen LogP contribution in [-0.4, -0.2) is 27.9 Å². The van der Waals surface area contributed by atoms with Gasteiger partial charge in [0.2, 0.25) is 6.23 Å². The minimum Gasteiger partial charge on any atom is -0.364 e. The molecule has 0 saturated heterocycles. The van der Waals surface area contributed by atoms with Crippen LogP contribution in [0.3, 0.4) is 0 Å². The number of carbonyl (C=O) groups excluding carboxylic acids is 1. The Kier molecular flexibility index (Phi) is 3.33. The van der Waals surface area contributed by atoms with Crippen LogP contribution in [0.1, 0.15) is 11.3 Å². The van der Waals surface area contributed by atoms with Crippen molar-refractivity contribution in [2.24, 2.45) is 4.99 Å². The van der Waals surface area contributed by atoms with E-state index in [-0.39, 0.29) is 0 Å². The van der Waals surface area contributed by atoms with Crippen molar-refractivity contribution < 1.29 is 9.90 Å². The van der Waals surface area contributed by atoms with Gasteiger partial charge in [-0.3, -0.25) is 9.78 Å². The van der Waals surface area contributed by atoms with E-state index in [0.29, 0.717) is 22.7 Å². The summed E-state index contributed by atoms with van der Waals surface area (Å²) in [6.45, 7) is 0. The maximum Gasteiger partial charge on any atom is 0.276 e. The fourth-order valence-electron chi connectivity index (χ4n) is 1.98. The molecule has 1 aliphatic rings. The highest BCUT2D eigenvalue weighted by Gasteiger charge is 2.24. The average molecular weight is 332 g/mol. The average Bonchev–Trinajstić information content (AvgIpc) is 2.58. The van der Waals surface area contributed by atoms with E-state index in [0.717, 1.165) is 4.47 Å². The highest BCUT2D eigenvalue weighted by Crippen LogP contribution is 2.26. The number of anilines is 1. The number of benzene rings is 1. The summed E-state index contributed by atoms with van der Waals surface area (Å²) in [5.74, 6) is -0.556. The number of pyridine rings is 1. The monoisotopic (exact) mass is 331 g/mol. The molecule has 20 heavy (non-hydrogen) atoms. The van der Waals surface area contributed by atoms with Gasteiger partial charge in [-0.25, -0.2) is 4.99 Å². The lowest BCUT2D eigenvalue weighted by Gasteiger charge is -2.09. The van der Waals surface area contributed by atoms with Gasteiger partial charge in [0, 0.05) is 16.2 Å². The number of benzodiazepines with no additional fused rings is 1. The summed E-state index contributed by atoms with van der Waals surface area (Å²) in [6.07, 6.45) is 0.195. The van der Waals surface area contributed by atoms with Gasteiger partial charge in [-0.1, -0.05) is 22.0 Å². The molecule has 6 heteroatoms. The highest BCUT2D eigenvalue weighted by atomic mass is 79.9. The molecule has 0 saturated carbocycles. The number of carbonyl (C=O) groups is 1. The first-order valence-corrected chi connectivity index (χ1v) is 6.72. The van der Waals surface area contributed by atoms with E-state index in [2.05, 4.69) is 31.2 Å². The highest BCUT2D eigenvalue weighted by molar-refractivity contribution is 9.10. The predicted molar refractivity (Wildman–Crippen MR) is 78.7 cm³/mol. The number of hydrogen-bond acceptors (Lipinski definition) is 4. The molecule has 1 aromatic heterocycles. The number of aliphatic imine (C=N–C) groups is 1. The number of halogens is 1. The summed E-state index contributed by atoms with van der Waals surface area (Å²) in [4.78, 5) is 20.1. The Morgan fingerprint density at radius 3 is 2.85 bits per heavy atom. The zero-order valence-electron chi connectivity index (χ0n) is 10.2. The zero-order chi connectivity index (χ0) is 14.1. The topological polar surface area (TPSA) is 74.6 Å². The van der Waals surface area contributed by atoms with E-state index in [1.165, 1.54) is 0 Å². The Bertz CT molecular complexity index is 701.